The summed E-state index contributed by atoms with van der Waals surface area (Å²) in [6.07, 6.45) is 0. The Balaban J connectivity index is 1.41. The molecular formula is C20H15ClN4O2. The predicted octanol–water partition coefficient (Wildman–Crippen LogP) is 4.52. The van der Waals surface area contributed by atoms with Crippen molar-refractivity contribution in [2.75, 3.05) is 5.32 Å². The number of carbonyl (C=O) groups is 1. The smallest absolute Gasteiger partial charge is 0.246 e. The van der Waals surface area contributed by atoms with Crippen LogP contribution < -0.4 is 10.1 Å². The van der Waals surface area contributed by atoms with E-state index >= 15 is 0 Å². The molecule has 0 spiro atoms. The Morgan fingerprint density at radius 2 is 1.74 bits per heavy atom. The standard InChI is InChI=1S/C20H15ClN4O2/c21-16-5-1-4-8-19(16)27-15-11-9-14(10-12-15)22-20(26)13-25-18-7-3-2-6-17(18)23-24-25/h1-12H,13H2,(H,22,26). The molecule has 27 heavy (non-hydrogen) atoms. The van der Waals surface area contributed by atoms with E-state index in [4.69, 9.17) is 16.3 Å². The topological polar surface area (TPSA) is 69.0 Å². The Bertz CT molecular complexity index is 1090. The highest BCUT2D eigenvalue weighted by Gasteiger charge is 2.09. The summed E-state index contributed by atoms with van der Waals surface area (Å²) in [6.45, 7) is 0.0817. The SMILES string of the molecule is O=C(Cn1nnc2ccccc21)Nc1ccc(Oc2ccccc2Cl)cc1. The summed E-state index contributed by atoms with van der Waals surface area (Å²) in [5.41, 5.74) is 2.23. The van der Waals surface area contributed by atoms with Gasteiger partial charge in [0.05, 0.1) is 10.5 Å². The molecule has 0 atom stereocenters. The Morgan fingerprint density at radius 3 is 2.56 bits per heavy atom. The lowest BCUT2D eigenvalue weighted by Crippen LogP contribution is -2.19. The fourth-order valence-corrected chi connectivity index (χ4v) is 2.81. The highest BCUT2D eigenvalue weighted by molar-refractivity contribution is 6.32. The van der Waals surface area contributed by atoms with E-state index in [0.717, 1.165) is 11.0 Å². The van der Waals surface area contributed by atoms with Crippen molar-refractivity contribution in [3.05, 3.63) is 77.8 Å². The first-order chi connectivity index (χ1) is 13.2. The number of rotatable bonds is 5. The highest BCUT2D eigenvalue weighted by Crippen LogP contribution is 2.29. The molecule has 0 aliphatic carbocycles. The Morgan fingerprint density at radius 1 is 1.00 bits per heavy atom. The number of carbonyl (C=O) groups excluding carboxylic acids is 1. The van der Waals surface area contributed by atoms with Crippen LogP contribution in [-0.4, -0.2) is 20.9 Å². The van der Waals surface area contributed by atoms with Crippen LogP contribution in [0.4, 0.5) is 5.69 Å². The number of hydrogen-bond donors (Lipinski definition) is 1. The molecule has 0 unspecified atom stereocenters. The van der Waals surface area contributed by atoms with E-state index in [1.165, 1.54) is 0 Å². The Labute approximate surface area is 160 Å². The van der Waals surface area contributed by atoms with E-state index in [2.05, 4.69) is 15.6 Å². The van der Waals surface area contributed by atoms with E-state index in [1.807, 2.05) is 36.4 Å². The van der Waals surface area contributed by atoms with E-state index < -0.39 is 0 Å². The molecule has 0 saturated heterocycles. The Kier molecular flexibility index (Phi) is 4.72. The van der Waals surface area contributed by atoms with Gasteiger partial charge in [0.1, 0.15) is 23.6 Å². The monoisotopic (exact) mass is 378 g/mol. The molecule has 1 heterocycles. The second-order valence-corrected chi connectivity index (χ2v) is 6.25. The molecule has 7 heteroatoms. The summed E-state index contributed by atoms with van der Waals surface area (Å²) >= 11 is 6.09. The van der Waals surface area contributed by atoms with Crippen molar-refractivity contribution in [3.63, 3.8) is 0 Å². The molecule has 0 aliphatic heterocycles. The number of nitrogens with zero attached hydrogens (tertiary/aromatic N) is 3. The maximum atomic E-state index is 12.3. The van der Waals surface area contributed by atoms with Gasteiger partial charge in [-0.05, 0) is 48.5 Å². The van der Waals surface area contributed by atoms with Crippen LogP contribution in [0.15, 0.2) is 72.8 Å². The summed E-state index contributed by atoms with van der Waals surface area (Å²) in [6, 6.07) is 21.8. The van der Waals surface area contributed by atoms with Crippen molar-refractivity contribution in [2.24, 2.45) is 0 Å². The molecule has 0 radical (unpaired) electrons. The lowest BCUT2D eigenvalue weighted by atomic mass is 10.3. The zero-order valence-electron chi connectivity index (χ0n) is 14.2. The number of ether oxygens (including phenoxy) is 1. The molecule has 0 saturated carbocycles. The van der Waals surface area contributed by atoms with Crippen LogP contribution in [0.3, 0.4) is 0 Å². The molecule has 134 valence electrons. The van der Waals surface area contributed by atoms with E-state index in [1.54, 1.807) is 41.1 Å². The van der Waals surface area contributed by atoms with E-state index in [-0.39, 0.29) is 12.5 Å². The van der Waals surface area contributed by atoms with Gasteiger partial charge in [0.25, 0.3) is 0 Å². The number of aromatic nitrogens is 3. The van der Waals surface area contributed by atoms with Crippen LogP contribution in [0.25, 0.3) is 11.0 Å². The number of para-hydroxylation sites is 2. The normalized spacial score (nSPS) is 10.7. The maximum Gasteiger partial charge on any atom is 0.246 e. The van der Waals surface area contributed by atoms with Crippen molar-refractivity contribution in [2.45, 2.75) is 6.54 Å². The summed E-state index contributed by atoms with van der Waals surface area (Å²) in [7, 11) is 0. The van der Waals surface area contributed by atoms with Crippen LogP contribution >= 0.6 is 11.6 Å². The average Bonchev–Trinajstić information content (AvgIpc) is 3.08. The lowest BCUT2D eigenvalue weighted by Gasteiger charge is -2.09. The van der Waals surface area contributed by atoms with E-state index in [0.29, 0.717) is 22.2 Å². The summed E-state index contributed by atoms with van der Waals surface area (Å²) < 4.78 is 7.30. The van der Waals surface area contributed by atoms with Crippen LogP contribution in [-0.2, 0) is 11.3 Å². The predicted molar refractivity (Wildman–Crippen MR) is 104 cm³/mol. The quantitative estimate of drug-likeness (QED) is 0.554. The zero-order chi connectivity index (χ0) is 18.6. The van der Waals surface area contributed by atoms with Gasteiger partial charge in [-0.2, -0.15) is 0 Å². The maximum absolute atomic E-state index is 12.3. The third-order valence-electron chi connectivity index (χ3n) is 3.92. The minimum Gasteiger partial charge on any atom is -0.456 e. The first-order valence-corrected chi connectivity index (χ1v) is 8.67. The number of anilines is 1. The molecule has 0 aliphatic rings. The highest BCUT2D eigenvalue weighted by atomic mass is 35.5. The minimum atomic E-state index is -0.189. The fraction of sp³-hybridized carbons (Fsp3) is 0.0500. The zero-order valence-corrected chi connectivity index (χ0v) is 14.9. The van der Waals surface area contributed by atoms with Gasteiger partial charge < -0.3 is 10.1 Å². The molecular weight excluding hydrogens is 364 g/mol. The average molecular weight is 379 g/mol. The van der Waals surface area contributed by atoms with Crippen LogP contribution in [0.1, 0.15) is 0 Å². The summed E-state index contributed by atoms with van der Waals surface area (Å²) in [5.74, 6) is 1.02. The van der Waals surface area contributed by atoms with Crippen molar-refractivity contribution < 1.29 is 9.53 Å². The lowest BCUT2D eigenvalue weighted by molar-refractivity contribution is -0.116. The van der Waals surface area contributed by atoms with Crippen molar-refractivity contribution in [1.82, 2.24) is 15.0 Å². The first-order valence-electron chi connectivity index (χ1n) is 8.29. The van der Waals surface area contributed by atoms with Crippen LogP contribution in [0, 0.1) is 0 Å². The Hall–Kier alpha value is -3.38. The van der Waals surface area contributed by atoms with E-state index in [9.17, 15) is 4.79 Å². The minimum absolute atomic E-state index is 0.0817. The number of amides is 1. The van der Waals surface area contributed by atoms with Gasteiger partial charge in [-0.1, -0.05) is 41.1 Å². The van der Waals surface area contributed by atoms with Crippen molar-refractivity contribution in [1.29, 1.82) is 0 Å². The van der Waals surface area contributed by atoms with Gasteiger partial charge in [-0.3, -0.25) is 4.79 Å². The number of halogens is 1. The second-order valence-electron chi connectivity index (χ2n) is 5.84. The van der Waals surface area contributed by atoms with Crippen LogP contribution in [0.2, 0.25) is 5.02 Å². The van der Waals surface area contributed by atoms with Gasteiger partial charge >= 0.3 is 0 Å². The van der Waals surface area contributed by atoms with Crippen LogP contribution in [0.5, 0.6) is 11.5 Å². The molecule has 1 aromatic heterocycles. The molecule has 4 rings (SSSR count). The fourth-order valence-electron chi connectivity index (χ4n) is 2.63. The first kappa shape index (κ1) is 17.1. The molecule has 3 aromatic carbocycles. The largest absolute Gasteiger partial charge is 0.456 e. The molecule has 4 aromatic rings. The number of benzene rings is 3. The van der Waals surface area contributed by atoms with Gasteiger partial charge in [-0.25, -0.2) is 4.68 Å². The number of nitrogens with one attached hydrogen (secondary N) is 1. The third-order valence-corrected chi connectivity index (χ3v) is 4.23. The molecule has 0 fully saturated rings. The number of hydrogen-bond acceptors (Lipinski definition) is 4. The molecule has 1 amide bonds. The summed E-state index contributed by atoms with van der Waals surface area (Å²) in [5, 5.41) is 11.4. The van der Waals surface area contributed by atoms with Gasteiger partial charge in [-0.15, -0.1) is 5.10 Å². The number of fused-ring (bicyclic) bond motifs is 1. The van der Waals surface area contributed by atoms with Gasteiger partial charge in [0.2, 0.25) is 5.91 Å². The van der Waals surface area contributed by atoms with Crippen molar-refractivity contribution >= 4 is 34.2 Å². The molecule has 1 N–H and O–H groups in total. The van der Waals surface area contributed by atoms with Crippen molar-refractivity contribution in [3.8, 4) is 11.5 Å². The summed E-state index contributed by atoms with van der Waals surface area (Å²) in [4.78, 5) is 12.3. The molecule has 0 bridgehead atoms. The third kappa shape index (κ3) is 3.91. The molecule has 6 nitrogen and oxygen atoms in total. The van der Waals surface area contributed by atoms with Gasteiger partial charge in [0, 0.05) is 5.69 Å². The second kappa shape index (κ2) is 7.47. The van der Waals surface area contributed by atoms with Gasteiger partial charge in [0.15, 0.2) is 0 Å².